The Labute approximate surface area is 196 Å². The molecule has 8 heteroatoms. The Kier molecular flexibility index (Phi) is 6.46. The maximum atomic E-state index is 12.4. The Morgan fingerprint density at radius 3 is 2.12 bits per heavy atom. The molecule has 3 aromatic carbocycles. The maximum Gasteiger partial charge on any atom is 0.276 e. The summed E-state index contributed by atoms with van der Waals surface area (Å²) in [7, 11) is 0. The van der Waals surface area contributed by atoms with Crippen LogP contribution in [0.4, 0.5) is 0 Å². The number of hydrogen-bond acceptors (Lipinski definition) is 6. The first-order valence-corrected chi connectivity index (χ1v) is 10.5. The predicted octanol–water partition coefficient (Wildman–Crippen LogP) is 3.63. The van der Waals surface area contributed by atoms with Gasteiger partial charge in [0, 0.05) is 5.56 Å². The van der Waals surface area contributed by atoms with Gasteiger partial charge in [0.25, 0.3) is 11.8 Å². The van der Waals surface area contributed by atoms with Crippen molar-refractivity contribution in [1.29, 1.82) is 5.26 Å². The van der Waals surface area contributed by atoms with Crippen LogP contribution in [-0.2, 0) is 4.79 Å². The summed E-state index contributed by atoms with van der Waals surface area (Å²) in [4.78, 5) is 33.4. The molecule has 0 saturated heterocycles. The lowest BCUT2D eigenvalue weighted by Gasteiger charge is -2.10. The van der Waals surface area contributed by atoms with Crippen molar-refractivity contribution >= 4 is 22.8 Å². The van der Waals surface area contributed by atoms with Crippen LogP contribution in [0.25, 0.3) is 22.2 Å². The third-order valence-electron chi connectivity index (χ3n) is 5.22. The smallest absolute Gasteiger partial charge is 0.276 e. The van der Waals surface area contributed by atoms with Crippen molar-refractivity contribution in [2.45, 2.75) is 13.8 Å². The van der Waals surface area contributed by atoms with E-state index in [1.165, 1.54) is 0 Å². The number of ether oxygens (including phenoxy) is 1. The molecule has 0 unspecified atom stereocenters. The average Bonchev–Trinajstić information content (AvgIpc) is 2.87. The first-order chi connectivity index (χ1) is 16.4. The summed E-state index contributed by atoms with van der Waals surface area (Å²) in [5.74, 6) is -0.462. The molecule has 2 amide bonds. The number of nitrogens with zero attached hydrogens (tertiary/aromatic N) is 3. The normalized spacial score (nSPS) is 10.4. The number of carbonyl (C=O) groups excluding carboxylic acids is 2. The van der Waals surface area contributed by atoms with Crippen LogP contribution in [-0.4, -0.2) is 28.4 Å². The van der Waals surface area contributed by atoms with E-state index in [1.54, 1.807) is 42.5 Å². The number of aryl methyl sites for hydroxylation is 2. The largest absolute Gasteiger partial charge is 0.484 e. The lowest BCUT2D eigenvalue weighted by Crippen LogP contribution is -2.43. The van der Waals surface area contributed by atoms with Crippen molar-refractivity contribution in [3.05, 3.63) is 89.2 Å². The molecule has 4 aromatic rings. The SMILES string of the molecule is Cc1nc2ccc(C(=O)NNC(=O)COc3ccc(-c4ccc(C#N)cc4)cc3)cc2nc1C. The molecule has 1 heterocycles. The molecule has 0 aliphatic rings. The lowest BCUT2D eigenvalue weighted by molar-refractivity contribution is -0.123. The van der Waals surface area contributed by atoms with E-state index in [0.717, 1.165) is 22.5 Å². The van der Waals surface area contributed by atoms with Crippen molar-refractivity contribution in [2.75, 3.05) is 6.61 Å². The number of fused-ring (bicyclic) bond motifs is 1. The first-order valence-electron chi connectivity index (χ1n) is 10.5. The number of rotatable bonds is 5. The van der Waals surface area contributed by atoms with Crippen LogP contribution in [0.3, 0.4) is 0 Å². The van der Waals surface area contributed by atoms with Gasteiger partial charge in [0.15, 0.2) is 6.61 Å². The van der Waals surface area contributed by atoms with Gasteiger partial charge >= 0.3 is 0 Å². The number of nitrogens with one attached hydrogen (secondary N) is 2. The Morgan fingerprint density at radius 2 is 1.47 bits per heavy atom. The van der Waals surface area contributed by atoms with Gasteiger partial charge in [0.1, 0.15) is 5.75 Å². The van der Waals surface area contributed by atoms with Crippen molar-refractivity contribution in [3.63, 3.8) is 0 Å². The molecule has 1 aromatic heterocycles. The molecule has 0 spiro atoms. The van der Waals surface area contributed by atoms with Crippen LogP contribution >= 0.6 is 0 Å². The quantitative estimate of drug-likeness (QED) is 0.448. The summed E-state index contributed by atoms with van der Waals surface area (Å²) in [5, 5.41) is 8.89. The molecule has 0 atom stereocenters. The third kappa shape index (κ3) is 5.16. The summed E-state index contributed by atoms with van der Waals surface area (Å²) in [6.45, 7) is 3.47. The van der Waals surface area contributed by atoms with E-state index in [1.807, 2.05) is 38.1 Å². The minimum absolute atomic E-state index is 0.266. The molecule has 0 saturated carbocycles. The van der Waals surface area contributed by atoms with Crippen molar-refractivity contribution in [2.24, 2.45) is 0 Å². The van der Waals surface area contributed by atoms with E-state index >= 15 is 0 Å². The Morgan fingerprint density at radius 1 is 0.853 bits per heavy atom. The number of amides is 2. The molecule has 0 fully saturated rings. The number of carbonyl (C=O) groups is 2. The zero-order valence-electron chi connectivity index (χ0n) is 18.6. The highest BCUT2D eigenvalue weighted by Gasteiger charge is 2.11. The van der Waals surface area contributed by atoms with Gasteiger partial charge in [-0.2, -0.15) is 5.26 Å². The fourth-order valence-electron chi connectivity index (χ4n) is 3.24. The molecular formula is C26H21N5O3. The van der Waals surface area contributed by atoms with Crippen LogP contribution in [0.1, 0.15) is 27.3 Å². The standard InChI is InChI=1S/C26H21N5O3/c1-16-17(2)29-24-13-21(9-12-23(24)28-16)26(33)31-30-25(32)15-34-22-10-7-20(8-11-22)19-5-3-18(14-27)4-6-19/h3-13H,15H2,1-2H3,(H,30,32)(H,31,33). The highest BCUT2D eigenvalue weighted by Crippen LogP contribution is 2.22. The molecule has 0 aliphatic heterocycles. The highest BCUT2D eigenvalue weighted by molar-refractivity contribution is 5.98. The number of benzene rings is 3. The Bertz CT molecular complexity index is 1410. The minimum Gasteiger partial charge on any atom is -0.484 e. The van der Waals surface area contributed by atoms with E-state index in [0.29, 0.717) is 27.9 Å². The zero-order chi connectivity index (χ0) is 24.1. The topological polar surface area (TPSA) is 117 Å². The summed E-state index contributed by atoms with van der Waals surface area (Å²) < 4.78 is 5.49. The third-order valence-corrected chi connectivity index (χ3v) is 5.22. The van der Waals surface area contributed by atoms with E-state index in [4.69, 9.17) is 10.00 Å². The van der Waals surface area contributed by atoms with Crippen LogP contribution in [0.2, 0.25) is 0 Å². The van der Waals surface area contributed by atoms with Crippen LogP contribution < -0.4 is 15.6 Å². The molecule has 0 bridgehead atoms. The van der Waals surface area contributed by atoms with Gasteiger partial charge in [-0.3, -0.25) is 20.4 Å². The van der Waals surface area contributed by atoms with Crippen LogP contribution in [0.15, 0.2) is 66.7 Å². The van der Waals surface area contributed by atoms with Crippen molar-refractivity contribution < 1.29 is 14.3 Å². The molecule has 4 rings (SSSR count). The maximum absolute atomic E-state index is 12.4. The minimum atomic E-state index is -0.503. The van der Waals surface area contributed by atoms with Crippen LogP contribution in [0, 0.1) is 25.2 Å². The summed E-state index contributed by atoms with van der Waals surface area (Å²) in [6, 6.07) is 21.5. The fourth-order valence-corrected chi connectivity index (χ4v) is 3.24. The first kappa shape index (κ1) is 22.4. The van der Waals surface area contributed by atoms with Gasteiger partial charge in [-0.25, -0.2) is 9.97 Å². The summed E-state index contributed by atoms with van der Waals surface area (Å²) in [6.07, 6.45) is 0. The van der Waals surface area contributed by atoms with E-state index in [9.17, 15) is 9.59 Å². The fraction of sp³-hybridized carbons (Fsp3) is 0.115. The number of nitriles is 1. The second kappa shape index (κ2) is 9.79. The van der Waals surface area contributed by atoms with Gasteiger partial charge < -0.3 is 4.74 Å². The van der Waals surface area contributed by atoms with Crippen LogP contribution in [0.5, 0.6) is 5.75 Å². The summed E-state index contributed by atoms with van der Waals surface area (Å²) >= 11 is 0. The van der Waals surface area contributed by atoms with Gasteiger partial charge in [-0.1, -0.05) is 24.3 Å². The van der Waals surface area contributed by atoms with E-state index in [2.05, 4.69) is 26.9 Å². The Hall–Kier alpha value is -4.77. The lowest BCUT2D eigenvalue weighted by atomic mass is 10.0. The predicted molar refractivity (Wildman–Crippen MR) is 127 cm³/mol. The molecule has 0 radical (unpaired) electrons. The second-order valence-electron chi connectivity index (χ2n) is 7.60. The van der Waals surface area contributed by atoms with E-state index < -0.39 is 11.8 Å². The molecule has 34 heavy (non-hydrogen) atoms. The Balaban J connectivity index is 1.29. The zero-order valence-corrected chi connectivity index (χ0v) is 18.6. The molecular weight excluding hydrogens is 430 g/mol. The average molecular weight is 451 g/mol. The number of aromatic nitrogens is 2. The van der Waals surface area contributed by atoms with Gasteiger partial charge in [-0.05, 0) is 67.4 Å². The van der Waals surface area contributed by atoms with Gasteiger partial charge in [0.05, 0.1) is 34.1 Å². The summed E-state index contributed by atoms with van der Waals surface area (Å²) in [5.41, 5.74) is 10.5. The van der Waals surface area contributed by atoms with Gasteiger partial charge in [0.2, 0.25) is 0 Å². The number of hydrazine groups is 1. The molecule has 8 nitrogen and oxygen atoms in total. The highest BCUT2D eigenvalue weighted by atomic mass is 16.5. The van der Waals surface area contributed by atoms with Crippen molar-refractivity contribution in [3.8, 4) is 22.9 Å². The second-order valence-corrected chi connectivity index (χ2v) is 7.60. The van der Waals surface area contributed by atoms with Crippen molar-refractivity contribution in [1.82, 2.24) is 20.8 Å². The monoisotopic (exact) mass is 451 g/mol. The molecule has 168 valence electrons. The molecule has 0 aliphatic carbocycles. The van der Waals surface area contributed by atoms with E-state index in [-0.39, 0.29) is 6.61 Å². The van der Waals surface area contributed by atoms with Gasteiger partial charge in [-0.15, -0.1) is 0 Å². The molecule has 2 N–H and O–H groups in total. The number of hydrogen-bond donors (Lipinski definition) is 2.